The van der Waals surface area contributed by atoms with E-state index in [2.05, 4.69) is 33.4 Å². The van der Waals surface area contributed by atoms with Crippen LogP contribution in [0.2, 0.25) is 0 Å². The number of hydrogen-bond acceptors (Lipinski definition) is 2. The molecule has 4 nitrogen and oxygen atoms in total. The standard InChI is InChI=1S/C23H21BrN2O2/c1-26(16-22(27)25-21-10-6-5-9-20(21)24)23(28)15-17-11-13-19(14-12-17)18-7-3-2-4-8-18/h2-14H,15-16H2,1H3,(H,25,27). The molecule has 0 aromatic heterocycles. The molecule has 142 valence electrons. The van der Waals surface area contributed by atoms with Crippen LogP contribution in [0.3, 0.4) is 0 Å². The van der Waals surface area contributed by atoms with Gasteiger partial charge in [-0.3, -0.25) is 9.59 Å². The summed E-state index contributed by atoms with van der Waals surface area (Å²) in [6.07, 6.45) is 0.258. The van der Waals surface area contributed by atoms with Crippen LogP contribution in [0, 0.1) is 0 Å². The van der Waals surface area contributed by atoms with Crippen LogP contribution in [0.15, 0.2) is 83.3 Å². The Balaban J connectivity index is 1.55. The van der Waals surface area contributed by atoms with Crippen LogP contribution in [0.25, 0.3) is 11.1 Å². The molecule has 0 heterocycles. The van der Waals surface area contributed by atoms with Crippen molar-refractivity contribution >= 4 is 33.4 Å². The normalized spacial score (nSPS) is 10.4. The predicted octanol–water partition coefficient (Wildman–Crippen LogP) is 4.76. The summed E-state index contributed by atoms with van der Waals surface area (Å²) in [5.74, 6) is -0.336. The summed E-state index contributed by atoms with van der Waals surface area (Å²) >= 11 is 3.39. The first-order chi connectivity index (χ1) is 13.5. The largest absolute Gasteiger partial charge is 0.336 e. The Kier molecular flexibility index (Phi) is 6.61. The van der Waals surface area contributed by atoms with Gasteiger partial charge in [-0.25, -0.2) is 0 Å². The van der Waals surface area contributed by atoms with Gasteiger partial charge in [0.05, 0.1) is 18.7 Å². The second kappa shape index (κ2) is 9.33. The maximum atomic E-state index is 12.5. The minimum atomic E-state index is -0.234. The fraction of sp³-hybridized carbons (Fsp3) is 0.130. The molecule has 0 bridgehead atoms. The number of nitrogens with one attached hydrogen (secondary N) is 1. The second-order valence-corrected chi connectivity index (χ2v) is 7.37. The Morgan fingerprint density at radius 1 is 0.857 bits per heavy atom. The van der Waals surface area contributed by atoms with Crippen molar-refractivity contribution in [1.29, 1.82) is 0 Å². The van der Waals surface area contributed by atoms with E-state index in [0.717, 1.165) is 21.2 Å². The molecule has 0 saturated carbocycles. The van der Waals surface area contributed by atoms with Crippen molar-refractivity contribution in [3.05, 3.63) is 88.9 Å². The van der Waals surface area contributed by atoms with Gasteiger partial charge >= 0.3 is 0 Å². The number of nitrogens with zero attached hydrogens (tertiary/aromatic N) is 1. The zero-order valence-electron chi connectivity index (χ0n) is 15.6. The summed E-state index contributed by atoms with van der Waals surface area (Å²) in [7, 11) is 1.64. The van der Waals surface area contributed by atoms with Crippen molar-refractivity contribution in [1.82, 2.24) is 4.90 Å². The van der Waals surface area contributed by atoms with Gasteiger partial charge in [-0.1, -0.05) is 66.7 Å². The van der Waals surface area contributed by atoms with Gasteiger partial charge in [-0.2, -0.15) is 0 Å². The molecule has 0 aliphatic heterocycles. The lowest BCUT2D eigenvalue weighted by Gasteiger charge is -2.17. The van der Waals surface area contributed by atoms with E-state index in [9.17, 15) is 9.59 Å². The van der Waals surface area contributed by atoms with E-state index in [0.29, 0.717) is 5.69 Å². The number of amides is 2. The number of halogens is 1. The molecule has 0 aliphatic carbocycles. The van der Waals surface area contributed by atoms with E-state index < -0.39 is 0 Å². The highest BCUT2D eigenvalue weighted by Crippen LogP contribution is 2.21. The van der Waals surface area contributed by atoms with Crippen LogP contribution < -0.4 is 5.32 Å². The van der Waals surface area contributed by atoms with E-state index in [1.54, 1.807) is 13.1 Å². The molecule has 0 atom stereocenters. The molecule has 0 unspecified atom stereocenters. The number of carbonyl (C=O) groups is 2. The maximum absolute atomic E-state index is 12.5. The van der Waals surface area contributed by atoms with Crippen LogP contribution in [0.5, 0.6) is 0 Å². The highest BCUT2D eigenvalue weighted by atomic mass is 79.9. The van der Waals surface area contributed by atoms with Gasteiger partial charge in [0.1, 0.15) is 0 Å². The number of rotatable bonds is 6. The number of likely N-dealkylation sites (N-methyl/N-ethyl adjacent to an activating group) is 1. The number of para-hydroxylation sites is 1. The molecule has 28 heavy (non-hydrogen) atoms. The Morgan fingerprint density at radius 3 is 2.14 bits per heavy atom. The molecule has 0 aliphatic rings. The first-order valence-electron chi connectivity index (χ1n) is 8.95. The van der Waals surface area contributed by atoms with E-state index in [1.807, 2.05) is 60.7 Å². The Labute approximate surface area is 173 Å². The monoisotopic (exact) mass is 436 g/mol. The Bertz CT molecular complexity index is 956. The van der Waals surface area contributed by atoms with Crippen LogP contribution in [0.1, 0.15) is 5.56 Å². The Morgan fingerprint density at radius 2 is 1.46 bits per heavy atom. The van der Waals surface area contributed by atoms with Gasteiger partial charge in [0, 0.05) is 11.5 Å². The number of benzene rings is 3. The van der Waals surface area contributed by atoms with Crippen LogP contribution in [-0.2, 0) is 16.0 Å². The second-order valence-electron chi connectivity index (χ2n) is 6.52. The molecule has 2 amide bonds. The first-order valence-corrected chi connectivity index (χ1v) is 9.75. The van der Waals surface area contributed by atoms with Crippen LogP contribution in [-0.4, -0.2) is 30.3 Å². The third-order valence-corrected chi connectivity index (χ3v) is 5.06. The van der Waals surface area contributed by atoms with Gasteiger partial charge in [0.25, 0.3) is 0 Å². The topological polar surface area (TPSA) is 49.4 Å². The van der Waals surface area contributed by atoms with E-state index in [4.69, 9.17) is 0 Å². The fourth-order valence-electron chi connectivity index (χ4n) is 2.81. The van der Waals surface area contributed by atoms with Crippen LogP contribution in [0.4, 0.5) is 5.69 Å². The molecule has 3 aromatic rings. The van der Waals surface area contributed by atoms with Gasteiger partial charge in [0.15, 0.2) is 0 Å². The molecule has 0 saturated heterocycles. The summed E-state index contributed by atoms with van der Waals surface area (Å²) in [5, 5.41) is 2.81. The first kappa shape index (κ1) is 19.8. The zero-order valence-corrected chi connectivity index (χ0v) is 17.1. The number of anilines is 1. The molecule has 0 radical (unpaired) electrons. The van der Waals surface area contributed by atoms with E-state index in [1.165, 1.54) is 4.90 Å². The third kappa shape index (κ3) is 5.30. The molecule has 0 fully saturated rings. The van der Waals surface area contributed by atoms with Gasteiger partial charge in [-0.15, -0.1) is 0 Å². The smallest absolute Gasteiger partial charge is 0.244 e. The summed E-state index contributed by atoms with van der Waals surface area (Å²) in [6, 6.07) is 25.4. The average Bonchev–Trinajstić information content (AvgIpc) is 2.71. The minimum Gasteiger partial charge on any atom is -0.336 e. The Hall–Kier alpha value is -2.92. The fourth-order valence-corrected chi connectivity index (χ4v) is 3.20. The summed E-state index contributed by atoms with van der Waals surface area (Å²) in [6.45, 7) is 0.00225. The molecule has 1 N–H and O–H groups in total. The SMILES string of the molecule is CN(CC(=O)Nc1ccccc1Br)C(=O)Cc1ccc(-c2ccccc2)cc1. The van der Waals surface area contributed by atoms with E-state index in [-0.39, 0.29) is 24.8 Å². The molecule has 5 heteroatoms. The van der Waals surface area contributed by atoms with Crippen molar-refractivity contribution in [3.8, 4) is 11.1 Å². The van der Waals surface area contributed by atoms with Gasteiger partial charge < -0.3 is 10.2 Å². The zero-order chi connectivity index (χ0) is 19.9. The van der Waals surface area contributed by atoms with Crippen molar-refractivity contribution in [2.24, 2.45) is 0 Å². The van der Waals surface area contributed by atoms with Crippen molar-refractivity contribution in [2.45, 2.75) is 6.42 Å². The van der Waals surface area contributed by atoms with Crippen molar-refractivity contribution in [2.75, 3.05) is 18.9 Å². The quantitative estimate of drug-likeness (QED) is 0.605. The van der Waals surface area contributed by atoms with Crippen LogP contribution >= 0.6 is 15.9 Å². The van der Waals surface area contributed by atoms with Crippen molar-refractivity contribution in [3.63, 3.8) is 0 Å². The highest BCUT2D eigenvalue weighted by molar-refractivity contribution is 9.10. The van der Waals surface area contributed by atoms with Crippen molar-refractivity contribution < 1.29 is 9.59 Å². The lowest BCUT2D eigenvalue weighted by molar-refractivity contribution is -0.132. The molecular formula is C23H21BrN2O2. The highest BCUT2D eigenvalue weighted by Gasteiger charge is 2.14. The van der Waals surface area contributed by atoms with E-state index >= 15 is 0 Å². The summed E-state index contributed by atoms with van der Waals surface area (Å²) < 4.78 is 0.802. The molecule has 3 rings (SSSR count). The molecular weight excluding hydrogens is 416 g/mol. The third-order valence-electron chi connectivity index (χ3n) is 4.37. The molecule has 0 spiro atoms. The summed E-state index contributed by atoms with van der Waals surface area (Å²) in [4.78, 5) is 26.1. The van der Waals surface area contributed by atoms with Gasteiger partial charge in [-0.05, 0) is 44.8 Å². The van der Waals surface area contributed by atoms with Gasteiger partial charge in [0.2, 0.25) is 11.8 Å². The lowest BCUT2D eigenvalue weighted by Crippen LogP contribution is -2.35. The summed E-state index contributed by atoms with van der Waals surface area (Å²) in [5.41, 5.74) is 3.85. The number of hydrogen-bond donors (Lipinski definition) is 1. The lowest BCUT2D eigenvalue weighted by atomic mass is 10.0. The predicted molar refractivity (Wildman–Crippen MR) is 116 cm³/mol. The minimum absolute atomic E-state index is 0.00225. The average molecular weight is 437 g/mol. The maximum Gasteiger partial charge on any atom is 0.244 e. The number of carbonyl (C=O) groups excluding carboxylic acids is 2. The molecule has 3 aromatic carbocycles.